The SMILES string of the molecule is CSSCCC(=O)O[C@H]1C(=O)[C@@]2(C)C(C(OC(=O)c3ccccc3)[C@]3(O)C[C@H](OC(=O)[C@H](O)[C@H](C=C(C)C)NC(=O)OC(C)(C)C)C(C)=C1C3(C)C)[C@]1(OC(C)=O)CO[C@@H]1C[C@@H]2O. The normalized spacial score (nSPS) is 31.8. The van der Waals surface area contributed by atoms with E-state index in [2.05, 4.69) is 5.32 Å². The number of esters is 4. The Kier molecular flexibility index (Phi) is 15.0. The monoisotopic (exact) mass is 919 g/mol. The molecule has 11 atom stereocenters. The second kappa shape index (κ2) is 18.9. The lowest BCUT2D eigenvalue weighted by molar-refractivity contribution is -0.346. The molecule has 4 N–H and O–H groups in total. The first-order chi connectivity index (χ1) is 29.2. The molecule has 3 aliphatic carbocycles. The van der Waals surface area contributed by atoms with Gasteiger partial charge in [-0.1, -0.05) is 65.3 Å². The Morgan fingerprint density at radius 3 is 2.24 bits per heavy atom. The van der Waals surface area contributed by atoms with Gasteiger partial charge >= 0.3 is 30.0 Å². The van der Waals surface area contributed by atoms with Gasteiger partial charge in [-0.2, -0.15) is 0 Å². The summed E-state index contributed by atoms with van der Waals surface area (Å²) in [6.45, 7) is 15.3. The molecule has 2 unspecified atom stereocenters. The van der Waals surface area contributed by atoms with Crippen molar-refractivity contribution in [2.45, 2.75) is 148 Å². The van der Waals surface area contributed by atoms with Crippen molar-refractivity contribution >= 4 is 57.3 Å². The van der Waals surface area contributed by atoms with E-state index in [1.54, 1.807) is 66.7 Å². The fourth-order valence-corrected chi connectivity index (χ4v) is 10.8. The number of carbonyl (C=O) groups excluding carboxylic acids is 6. The number of hydrogen-bond donors (Lipinski definition) is 4. The second-order valence-electron chi connectivity index (χ2n) is 18.7. The quantitative estimate of drug-likeness (QED) is 0.0684. The van der Waals surface area contributed by atoms with Gasteiger partial charge in [0, 0.05) is 30.9 Å². The summed E-state index contributed by atoms with van der Waals surface area (Å²) in [5, 5.41) is 39.9. The van der Waals surface area contributed by atoms with Gasteiger partial charge < -0.3 is 49.1 Å². The molecule has 1 aromatic rings. The number of amides is 1. The third-order valence-corrected chi connectivity index (χ3v) is 14.5. The van der Waals surface area contributed by atoms with Crippen LogP contribution < -0.4 is 5.32 Å². The molecule has 0 aromatic heterocycles. The number of aliphatic hydroxyl groups excluding tert-OH is 2. The number of rotatable bonds is 13. The molecular formula is C45H61NO15S2. The van der Waals surface area contributed by atoms with Crippen LogP contribution in [0.3, 0.4) is 0 Å². The molecule has 16 nitrogen and oxygen atoms in total. The van der Waals surface area contributed by atoms with Gasteiger partial charge in [0.2, 0.25) is 0 Å². The predicted molar refractivity (Wildman–Crippen MR) is 232 cm³/mol. The Morgan fingerprint density at radius 1 is 1.03 bits per heavy atom. The summed E-state index contributed by atoms with van der Waals surface area (Å²) < 4.78 is 36.0. The van der Waals surface area contributed by atoms with Crippen LogP contribution in [0.2, 0.25) is 0 Å². The lowest BCUT2D eigenvalue weighted by Crippen LogP contribution is -2.82. The van der Waals surface area contributed by atoms with E-state index in [4.69, 9.17) is 28.4 Å². The van der Waals surface area contributed by atoms with Crippen LogP contribution in [0.5, 0.6) is 0 Å². The number of ketones is 1. The fourth-order valence-electron chi connectivity index (χ4n) is 9.62. The van der Waals surface area contributed by atoms with Crippen molar-refractivity contribution in [2.75, 3.05) is 18.6 Å². The highest BCUT2D eigenvalue weighted by molar-refractivity contribution is 8.76. The molecule has 4 aliphatic rings. The average molecular weight is 920 g/mol. The first-order valence-electron chi connectivity index (χ1n) is 20.9. The van der Waals surface area contributed by atoms with Crippen molar-refractivity contribution in [2.24, 2.45) is 16.7 Å². The topological polar surface area (TPSA) is 231 Å². The minimum Gasteiger partial charge on any atom is -0.456 e. The number of ether oxygens (including phenoxy) is 6. The van der Waals surface area contributed by atoms with Gasteiger partial charge in [0.15, 0.2) is 23.6 Å². The molecule has 1 aliphatic heterocycles. The van der Waals surface area contributed by atoms with Crippen LogP contribution in [0.4, 0.5) is 4.79 Å². The maximum Gasteiger partial charge on any atom is 0.408 e. The van der Waals surface area contributed by atoms with E-state index >= 15 is 4.79 Å². The molecule has 2 saturated carbocycles. The minimum absolute atomic E-state index is 0.00768. The molecule has 2 bridgehead atoms. The molecule has 18 heteroatoms. The minimum atomic E-state index is -2.40. The highest BCUT2D eigenvalue weighted by Gasteiger charge is 2.78. The Bertz CT molecular complexity index is 2010. The number of benzene rings is 1. The zero-order chi connectivity index (χ0) is 47.0. The standard InChI is InChI=1S/C45H61NO15S2/c1-23(2)19-27(46-40(54)61-41(5,6)7)33(50)39(53)57-28-21-45(55)37(59-38(52)26-15-13-12-14-16-26)35-43(10,29(48)20-30-44(35,22-56-30)60-25(4)47)36(51)34(32(24(28)3)42(45,8)9)58-31(49)17-18-63-62-11/h12-16,19,27-30,33-35,37,48,50,55H,17-18,20-22H2,1-11H3,(H,46,54)/t27-,28-,29-,30+,33+,34+,35?,37?,43+,44-,45+/m0/s1. The third-order valence-electron chi connectivity index (χ3n) is 12.7. The van der Waals surface area contributed by atoms with Crippen molar-refractivity contribution in [3.05, 3.63) is 58.7 Å². The van der Waals surface area contributed by atoms with Gasteiger partial charge in [0.05, 0.1) is 42.1 Å². The number of alkyl carbamates (subject to hydrolysis) is 1. The van der Waals surface area contributed by atoms with E-state index in [1.807, 2.05) is 6.26 Å². The maximum absolute atomic E-state index is 15.7. The molecule has 1 aromatic carbocycles. The van der Waals surface area contributed by atoms with E-state index in [-0.39, 0.29) is 36.2 Å². The number of Topliss-reactive ketones (excluding diaryl/α,β-unsaturated/α-hetero) is 1. The van der Waals surface area contributed by atoms with E-state index < -0.39 is 118 Å². The van der Waals surface area contributed by atoms with Gasteiger partial charge in [-0.3, -0.25) is 14.4 Å². The predicted octanol–water partition coefficient (Wildman–Crippen LogP) is 4.81. The van der Waals surface area contributed by atoms with Crippen LogP contribution in [0, 0.1) is 16.7 Å². The number of aliphatic hydroxyl groups is 3. The largest absolute Gasteiger partial charge is 0.456 e. The summed E-state index contributed by atoms with van der Waals surface area (Å²) in [5.74, 6) is -5.81. The van der Waals surface area contributed by atoms with Crippen LogP contribution in [0.15, 0.2) is 53.1 Å². The highest BCUT2D eigenvalue weighted by Crippen LogP contribution is 2.64. The molecule has 0 spiro atoms. The van der Waals surface area contributed by atoms with E-state index in [0.717, 1.165) is 6.92 Å². The first-order valence-corrected chi connectivity index (χ1v) is 23.6. The van der Waals surface area contributed by atoms with Crippen LogP contribution in [0.25, 0.3) is 0 Å². The molecule has 5 rings (SSSR count). The molecule has 348 valence electrons. The number of fused-ring (bicyclic) bond motifs is 5. The van der Waals surface area contributed by atoms with Crippen LogP contribution >= 0.6 is 21.6 Å². The van der Waals surface area contributed by atoms with Crippen molar-refractivity contribution in [3.8, 4) is 0 Å². The summed E-state index contributed by atoms with van der Waals surface area (Å²) in [4.78, 5) is 83.8. The Balaban J connectivity index is 1.75. The summed E-state index contributed by atoms with van der Waals surface area (Å²) in [6.07, 6.45) is -8.31. The first kappa shape index (κ1) is 50.1. The van der Waals surface area contributed by atoms with Gasteiger partial charge in [-0.15, -0.1) is 0 Å². The van der Waals surface area contributed by atoms with Crippen LogP contribution in [-0.2, 0) is 47.6 Å². The Morgan fingerprint density at radius 2 is 1.68 bits per heavy atom. The second-order valence-corrected chi connectivity index (χ2v) is 21.3. The van der Waals surface area contributed by atoms with Crippen LogP contribution in [-0.4, -0.2) is 129 Å². The van der Waals surface area contributed by atoms with Crippen molar-refractivity contribution in [1.29, 1.82) is 0 Å². The van der Waals surface area contributed by atoms with E-state index in [1.165, 1.54) is 53.6 Å². The summed E-state index contributed by atoms with van der Waals surface area (Å²) in [7, 11) is 2.82. The lowest BCUT2D eigenvalue weighted by Gasteiger charge is -2.67. The molecule has 1 heterocycles. The van der Waals surface area contributed by atoms with Crippen molar-refractivity contribution < 1.29 is 72.5 Å². The Labute approximate surface area is 375 Å². The molecular weight excluding hydrogens is 859 g/mol. The summed E-state index contributed by atoms with van der Waals surface area (Å²) in [6, 6.07) is 6.51. The number of carbonyl (C=O) groups is 6. The number of nitrogens with one attached hydrogen (secondary N) is 1. The summed E-state index contributed by atoms with van der Waals surface area (Å²) >= 11 is 0. The number of allylic oxidation sites excluding steroid dienone is 1. The Hall–Kier alpha value is -3.94. The zero-order valence-corrected chi connectivity index (χ0v) is 39.3. The van der Waals surface area contributed by atoms with Gasteiger partial charge in [-0.05, 0) is 78.0 Å². The van der Waals surface area contributed by atoms with Gasteiger partial charge in [0.1, 0.15) is 29.5 Å². The lowest BCUT2D eigenvalue weighted by atomic mass is 9.44. The average Bonchev–Trinajstić information content (AvgIpc) is 3.17. The molecule has 3 fully saturated rings. The summed E-state index contributed by atoms with van der Waals surface area (Å²) in [5.41, 5.74) is -7.95. The molecule has 1 amide bonds. The van der Waals surface area contributed by atoms with Gasteiger partial charge in [-0.25, -0.2) is 14.4 Å². The molecule has 63 heavy (non-hydrogen) atoms. The van der Waals surface area contributed by atoms with Gasteiger partial charge in [0.25, 0.3) is 0 Å². The van der Waals surface area contributed by atoms with E-state index in [0.29, 0.717) is 11.3 Å². The van der Waals surface area contributed by atoms with Crippen LogP contribution in [0.1, 0.15) is 98.9 Å². The number of hydrogen-bond acceptors (Lipinski definition) is 17. The molecule has 1 saturated heterocycles. The maximum atomic E-state index is 15.7. The zero-order valence-electron chi connectivity index (χ0n) is 37.7. The fraction of sp³-hybridized carbons (Fsp3) is 0.644. The van der Waals surface area contributed by atoms with Crippen molar-refractivity contribution in [3.63, 3.8) is 0 Å². The molecule has 0 radical (unpaired) electrons. The smallest absolute Gasteiger partial charge is 0.408 e. The van der Waals surface area contributed by atoms with Crippen molar-refractivity contribution in [1.82, 2.24) is 5.32 Å². The highest BCUT2D eigenvalue weighted by atomic mass is 33.1. The third kappa shape index (κ3) is 9.71. The van der Waals surface area contributed by atoms with E-state index in [9.17, 15) is 39.3 Å².